The minimum atomic E-state index is -1.09. The predicted octanol–water partition coefficient (Wildman–Crippen LogP) is 1.57. The van der Waals surface area contributed by atoms with Gasteiger partial charge in [0.2, 0.25) is 0 Å². The van der Waals surface area contributed by atoms with Crippen molar-refractivity contribution in [2.24, 2.45) is 0 Å². The Hall–Kier alpha value is -2.29. The molecule has 0 aliphatic carbocycles. The van der Waals surface area contributed by atoms with Gasteiger partial charge in [-0.15, -0.1) is 0 Å². The molecule has 2 rings (SSSR count). The number of carbonyl (C=O) groups is 1. The quantitative estimate of drug-likeness (QED) is 0.742. The Morgan fingerprint density at radius 3 is 3.00 bits per heavy atom. The molecule has 0 unspecified atom stereocenters. The number of halogens is 1. The summed E-state index contributed by atoms with van der Waals surface area (Å²) in [5.41, 5.74) is 0.466. The summed E-state index contributed by atoms with van der Waals surface area (Å²) in [5.74, 6) is -0.297. The number of fused-ring (bicyclic) bond motifs is 1. The number of hydrogen-bond donors (Lipinski definition) is 1. The molecule has 1 heterocycles. The van der Waals surface area contributed by atoms with E-state index in [1.54, 1.807) is 0 Å². The molecule has 17 heavy (non-hydrogen) atoms. The van der Waals surface area contributed by atoms with Crippen LogP contribution in [0, 0.1) is 17.1 Å². The molecule has 6 heteroatoms. The summed E-state index contributed by atoms with van der Waals surface area (Å²) < 4.78 is 18.5. The van der Waals surface area contributed by atoms with Crippen molar-refractivity contribution in [3.8, 4) is 11.8 Å². The van der Waals surface area contributed by atoms with E-state index in [4.69, 9.17) is 15.1 Å². The number of hydrogen-bond acceptors (Lipinski definition) is 3. The Bertz CT molecular complexity index is 510. The molecule has 0 bridgehead atoms. The topological polar surface area (TPSA) is 73.6 Å². The summed E-state index contributed by atoms with van der Waals surface area (Å²) in [4.78, 5) is 12.0. The number of rotatable bonds is 0. The number of ether oxygens (including phenoxy) is 1. The molecule has 0 saturated heterocycles. The first-order chi connectivity index (χ1) is 8.11. The van der Waals surface area contributed by atoms with Crippen LogP contribution in [-0.4, -0.2) is 29.3 Å². The van der Waals surface area contributed by atoms with E-state index in [2.05, 4.69) is 0 Å². The number of carboxylic acid groups (broad SMARTS) is 1. The molecule has 1 aromatic carbocycles. The number of nitrogens with zero attached hydrogens (tertiary/aromatic N) is 2. The fourth-order valence-corrected chi connectivity index (χ4v) is 1.73. The van der Waals surface area contributed by atoms with Crippen LogP contribution in [-0.2, 0) is 6.54 Å². The van der Waals surface area contributed by atoms with E-state index in [-0.39, 0.29) is 31.0 Å². The fraction of sp³-hybridized carbons (Fsp3) is 0.273. The number of benzene rings is 1. The maximum absolute atomic E-state index is 13.2. The van der Waals surface area contributed by atoms with Crippen LogP contribution in [0.25, 0.3) is 0 Å². The highest BCUT2D eigenvalue weighted by Gasteiger charge is 2.22. The van der Waals surface area contributed by atoms with E-state index in [1.807, 2.05) is 6.07 Å². The van der Waals surface area contributed by atoms with Crippen molar-refractivity contribution in [3.63, 3.8) is 0 Å². The lowest BCUT2D eigenvalue weighted by atomic mass is 10.1. The van der Waals surface area contributed by atoms with Gasteiger partial charge in [-0.25, -0.2) is 9.18 Å². The minimum absolute atomic E-state index is 0.0249. The lowest BCUT2D eigenvalue weighted by Gasteiger charge is -2.14. The SMILES string of the molecule is N#Cc1cc(F)cc2c1OCCN(C(=O)O)C2. The van der Waals surface area contributed by atoms with E-state index in [0.717, 1.165) is 11.0 Å². The smallest absolute Gasteiger partial charge is 0.407 e. The third-order valence-electron chi connectivity index (χ3n) is 2.49. The average Bonchev–Trinajstić information content (AvgIpc) is 2.49. The summed E-state index contributed by atoms with van der Waals surface area (Å²) >= 11 is 0. The highest BCUT2D eigenvalue weighted by Crippen LogP contribution is 2.28. The molecule has 5 nitrogen and oxygen atoms in total. The average molecular weight is 236 g/mol. The van der Waals surface area contributed by atoms with Gasteiger partial charge < -0.3 is 14.7 Å². The maximum Gasteiger partial charge on any atom is 0.407 e. The van der Waals surface area contributed by atoms with Gasteiger partial charge in [0.05, 0.1) is 18.7 Å². The van der Waals surface area contributed by atoms with Gasteiger partial charge in [-0.3, -0.25) is 0 Å². The minimum Gasteiger partial charge on any atom is -0.490 e. The summed E-state index contributed by atoms with van der Waals surface area (Å²) in [7, 11) is 0. The monoisotopic (exact) mass is 236 g/mol. The van der Waals surface area contributed by atoms with E-state index >= 15 is 0 Å². The summed E-state index contributed by atoms with van der Waals surface area (Å²) in [6.07, 6.45) is -1.09. The normalized spacial score (nSPS) is 14.2. The Balaban J connectivity index is 2.46. The van der Waals surface area contributed by atoms with Crippen molar-refractivity contribution in [3.05, 3.63) is 29.1 Å². The van der Waals surface area contributed by atoms with Gasteiger partial charge in [-0.05, 0) is 12.1 Å². The van der Waals surface area contributed by atoms with Gasteiger partial charge in [-0.2, -0.15) is 5.26 Å². The molecule has 1 N–H and O–H groups in total. The zero-order chi connectivity index (χ0) is 12.4. The van der Waals surface area contributed by atoms with Crippen molar-refractivity contribution in [2.75, 3.05) is 13.2 Å². The van der Waals surface area contributed by atoms with Crippen molar-refractivity contribution in [2.45, 2.75) is 6.54 Å². The molecule has 88 valence electrons. The largest absolute Gasteiger partial charge is 0.490 e. The lowest BCUT2D eigenvalue weighted by Crippen LogP contribution is -2.30. The van der Waals surface area contributed by atoms with Gasteiger partial charge in [0.1, 0.15) is 24.2 Å². The molecule has 0 spiro atoms. The van der Waals surface area contributed by atoms with Crippen LogP contribution >= 0.6 is 0 Å². The fourth-order valence-electron chi connectivity index (χ4n) is 1.73. The second-order valence-corrected chi connectivity index (χ2v) is 3.61. The Kier molecular flexibility index (Phi) is 2.83. The van der Waals surface area contributed by atoms with Crippen molar-refractivity contribution in [1.29, 1.82) is 5.26 Å². The molecular weight excluding hydrogens is 227 g/mol. The van der Waals surface area contributed by atoms with Crippen LogP contribution in [0.15, 0.2) is 12.1 Å². The zero-order valence-electron chi connectivity index (χ0n) is 8.81. The van der Waals surface area contributed by atoms with Crippen LogP contribution in [0.4, 0.5) is 9.18 Å². The molecule has 0 fully saturated rings. The first kappa shape index (κ1) is 11.2. The number of amides is 1. The zero-order valence-corrected chi connectivity index (χ0v) is 8.81. The van der Waals surface area contributed by atoms with Gasteiger partial charge in [0.15, 0.2) is 0 Å². The molecule has 0 atom stereocenters. The van der Waals surface area contributed by atoms with Crippen LogP contribution in [0.3, 0.4) is 0 Å². The standard InChI is InChI=1S/C11H9FN2O3/c12-9-3-7(5-13)10-8(4-9)6-14(11(15)16)1-2-17-10/h3-4H,1-2,6H2,(H,15,16). The Morgan fingerprint density at radius 2 is 2.35 bits per heavy atom. The second-order valence-electron chi connectivity index (χ2n) is 3.61. The van der Waals surface area contributed by atoms with Gasteiger partial charge in [0.25, 0.3) is 0 Å². The van der Waals surface area contributed by atoms with E-state index in [0.29, 0.717) is 5.56 Å². The van der Waals surface area contributed by atoms with Gasteiger partial charge >= 0.3 is 6.09 Å². The predicted molar refractivity (Wildman–Crippen MR) is 55.0 cm³/mol. The second kappa shape index (κ2) is 4.29. The van der Waals surface area contributed by atoms with Crippen LogP contribution in [0.2, 0.25) is 0 Å². The summed E-state index contributed by atoms with van der Waals surface area (Å²) in [6, 6.07) is 4.11. The summed E-state index contributed by atoms with van der Waals surface area (Å²) in [5, 5.41) is 17.8. The lowest BCUT2D eigenvalue weighted by molar-refractivity contribution is 0.138. The van der Waals surface area contributed by atoms with E-state index in [1.165, 1.54) is 6.07 Å². The van der Waals surface area contributed by atoms with Gasteiger partial charge in [-0.1, -0.05) is 0 Å². The van der Waals surface area contributed by atoms with Crippen LogP contribution in [0.1, 0.15) is 11.1 Å². The molecular formula is C11H9FN2O3. The third-order valence-corrected chi connectivity index (χ3v) is 2.49. The van der Waals surface area contributed by atoms with E-state index in [9.17, 15) is 9.18 Å². The van der Waals surface area contributed by atoms with Crippen molar-refractivity contribution < 1.29 is 19.0 Å². The molecule has 1 aliphatic rings. The van der Waals surface area contributed by atoms with Crippen LogP contribution in [0.5, 0.6) is 5.75 Å². The first-order valence-corrected chi connectivity index (χ1v) is 4.95. The molecule has 1 aromatic rings. The van der Waals surface area contributed by atoms with E-state index < -0.39 is 11.9 Å². The highest BCUT2D eigenvalue weighted by atomic mass is 19.1. The number of nitriles is 1. The first-order valence-electron chi connectivity index (χ1n) is 4.95. The molecule has 0 saturated carbocycles. The Morgan fingerprint density at radius 1 is 1.59 bits per heavy atom. The van der Waals surface area contributed by atoms with Crippen LogP contribution < -0.4 is 4.74 Å². The molecule has 0 radical (unpaired) electrons. The van der Waals surface area contributed by atoms with Crippen molar-refractivity contribution >= 4 is 6.09 Å². The third kappa shape index (κ3) is 2.13. The molecule has 1 aliphatic heterocycles. The van der Waals surface area contributed by atoms with Gasteiger partial charge in [0, 0.05) is 5.56 Å². The molecule has 1 amide bonds. The van der Waals surface area contributed by atoms with Crippen molar-refractivity contribution in [1.82, 2.24) is 4.90 Å². The summed E-state index contributed by atoms with van der Waals surface area (Å²) in [6.45, 7) is 0.368. The Labute approximate surface area is 96.6 Å². The molecule has 0 aromatic heterocycles. The highest BCUT2D eigenvalue weighted by molar-refractivity contribution is 5.65. The maximum atomic E-state index is 13.2.